The van der Waals surface area contributed by atoms with Gasteiger partial charge in [-0.3, -0.25) is 13.9 Å². The molecule has 9 heteroatoms. The van der Waals surface area contributed by atoms with E-state index in [1.165, 1.54) is 10.6 Å². The second kappa shape index (κ2) is 10.4. The molecule has 0 radical (unpaired) electrons. The van der Waals surface area contributed by atoms with Gasteiger partial charge >= 0.3 is 15.8 Å². The molecule has 2 aromatic rings. The van der Waals surface area contributed by atoms with Crippen LogP contribution in [0.3, 0.4) is 0 Å². The molecule has 0 amide bonds. The Morgan fingerprint density at radius 3 is 2.00 bits per heavy atom. The fourth-order valence-electron chi connectivity index (χ4n) is 4.04. The lowest BCUT2D eigenvalue weighted by Gasteiger charge is -2.34. The van der Waals surface area contributed by atoms with Gasteiger partial charge in [0.2, 0.25) is 0 Å². The van der Waals surface area contributed by atoms with E-state index in [2.05, 4.69) is 0 Å². The summed E-state index contributed by atoms with van der Waals surface area (Å²) in [6, 6.07) is 8.30. The third kappa shape index (κ3) is 6.14. The molecule has 2 heterocycles. The van der Waals surface area contributed by atoms with Crippen molar-refractivity contribution in [2.75, 3.05) is 17.8 Å². The number of rotatable bonds is 3. The standard InChI is InChI=1S/C23H34N2O5S2/c1-19-10-12-21(13-11-19)32(28,29)30-31(3)16-8-4-6-14-24-20(2)18-22(26)25(23(24)27)15-7-5-9-17-31/h10-13,18H,4-9,14-17H2,1-3H3. The molecule has 1 unspecified atom stereocenters. The van der Waals surface area contributed by atoms with Crippen molar-refractivity contribution in [1.82, 2.24) is 9.13 Å². The Hall–Kier alpha value is -1.84. The molecule has 0 saturated heterocycles. The first-order valence-corrected chi connectivity index (χ1v) is 14.9. The van der Waals surface area contributed by atoms with Gasteiger partial charge in [-0.25, -0.2) is 8.42 Å². The van der Waals surface area contributed by atoms with Crippen LogP contribution in [0, 0.1) is 13.8 Å². The fraction of sp³-hybridized carbons (Fsp3) is 0.565. The fourth-order valence-corrected chi connectivity index (χ4v) is 8.93. The molecule has 1 atom stereocenters. The van der Waals surface area contributed by atoms with E-state index in [4.69, 9.17) is 3.63 Å². The van der Waals surface area contributed by atoms with E-state index in [-0.39, 0.29) is 16.1 Å². The molecular weight excluding hydrogens is 448 g/mol. The lowest BCUT2D eigenvalue weighted by molar-refractivity contribution is 0.489. The van der Waals surface area contributed by atoms with E-state index in [9.17, 15) is 18.0 Å². The summed E-state index contributed by atoms with van der Waals surface area (Å²) in [6.07, 6.45) is 6.74. The third-order valence-corrected chi connectivity index (χ3v) is 11.1. The van der Waals surface area contributed by atoms with Crippen LogP contribution >= 0.6 is 10.3 Å². The number of benzene rings is 1. The van der Waals surface area contributed by atoms with Gasteiger partial charge in [-0.15, -0.1) is 10.3 Å². The van der Waals surface area contributed by atoms with E-state index < -0.39 is 20.4 Å². The Balaban J connectivity index is 1.76. The number of hydrogen-bond donors (Lipinski definition) is 0. The number of fused-ring (bicyclic) bond motifs is 2. The summed E-state index contributed by atoms with van der Waals surface area (Å²) in [7, 11) is -5.64. The highest BCUT2D eigenvalue weighted by atomic mass is 32.3. The summed E-state index contributed by atoms with van der Waals surface area (Å²) in [5.74, 6) is 1.40. The summed E-state index contributed by atoms with van der Waals surface area (Å²) in [5, 5.41) is 0. The van der Waals surface area contributed by atoms with Crippen molar-refractivity contribution >= 4 is 20.4 Å². The minimum absolute atomic E-state index is 0.198. The summed E-state index contributed by atoms with van der Waals surface area (Å²) in [6.45, 7) is 4.65. The van der Waals surface area contributed by atoms with E-state index in [1.54, 1.807) is 35.8 Å². The van der Waals surface area contributed by atoms with Crippen LogP contribution in [0.2, 0.25) is 0 Å². The highest BCUT2D eigenvalue weighted by Gasteiger charge is 2.28. The molecule has 3 rings (SSSR count). The Kier molecular flexibility index (Phi) is 8.06. The first-order valence-electron chi connectivity index (χ1n) is 11.2. The van der Waals surface area contributed by atoms with E-state index in [1.807, 2.05) is 13.2 Å². The van der Waals surface area contributed by atoms with Crippen molar-refractivity contribution < 1.29 is 12.0 Å². The zero-order valence-corrected chi connectivity index (χ0v) is 20.8. The molecule has 178 valence electrons. The summed E-state index contributed by atoms with van der Waals surface area (Å²) in [5.41, 5.74) is 1.21. The number of aromatic nitrogens is 2. The Morgan fingerprint density at radius 1 is 0.844 bits per heavy atom. The van der Waals surface area contributed by atoms with Crippen LogP contribution in [0.15, 0.2) is 44.8 Å². The van der Waals surface area contributed by atoms with Gasteiger partial charge in [-0.1, -0.05) is 30.5 Å². The average molecular weight is 483 g/mol. The second-order valence-corrected chi connectivity index (χ2v) is 13.9. The molecule has 0 saturated carbocycles. The van der Waals surface area contributed by atoms with Gasteiger partial charge in [-0.2, -0.15) is 8.42 Å². The molecule has 1 aliphatic rings. The monoisotopic (exact) mass is 482 g/mol. The van der Waals surface area contributed by atoms with Crippen LogP contribution in [0.4, 0.5) is 0 Å². The summed E-state index contributed by atoms with van der Waals surface area (Å²) >= 11 is 0. The molecule has 0 fully saturated rings. The van der Waals surface area contributed by atoms with Crippen LogP contribution < -0.4 is 11.2 Å². The molecule has 1 aromatic carbocycles. The minimum Gasteiger partial charge on any atom is -0.298 e. The average Bonchev–Trinajstić information content (AvgIpc) is 2.71. The molecule has 7 nitrogen and oxygen atoms in total. The molecule has 1 aliphatic heterocycles. The Bertz CT molecular complexity index is 1150. The Labute approximate surface area is 192 Å². The smallest absolute Gasteiger partial charge is 0.298 e. The number of nitrogens with zero attached hydrogens (tertiary/aromatic N) is 2. The minimum atomic E-state index is -3.82. The number of aryl methyl sites for hydroxylation is 2. The predicted octanol–water partition coefficient (Wildman–Crippen LogP) is 3.74. The van der Waals surface area contributed by atoms with Gasteiger partial charge in [-0.05, 0) is 57.9 Å². The van der Waals surface area contributed by atoms with Gasteiger partial charge in [0.05, 0.1) is 4.90 Å². The molecular formula is C23H34N2O5S2. The van der Waals surface area contributed by atoms with E-state index >= 15 is 0 Å². The SMILES string of the molecule is Cc1ccc(S(=O)(=O)OS2(C)CCCCCn3c(C)cc(=O)n(c3=O)CCCCC2)cc1. The van der Waals surface area contributed by atoms with Crippen molar-refractivity contribution in [3.8, 4) is 0 Å². The van der Waals surface area contributed by atoms with Crippen LogP contribution in [0.25, 0.3) is 0 Å². The lowest BCUT2D eigenvalue weighted by Crippen LogP contribution is -2.40. The molecule has 2 bridgehead atoms. The first-order chi connectivity index (χ1) is 15.1. The van der Waals surface area contributed by atoms with Crippen molar-refractivity contribution in [2.45, 2.75) is 70.4 Å². The molecule has 32 heavy (non-hydrogen) atoms. The van der Waals surface area contributed by atoms with E-state index in [0.29, 0.717) is 36.7 Å². The van der Waals surface area contributed by atoms with Gasteiger partial charge in [0.1, 0.15) is 0 Å². The lowest BCUT2D eigenvalue weighted by atomic mass is 10.2. The summed E-state index contributed by atoms with van der Waals surface area (Å²) in [4.78, 5) is 25.2. The third-order valence-electron chi connectivity index (χ3n) is 5.97. The van der Waals surface area contributed by atoms with Gasteiger partial charge in [0.15, 0.2) is 0 Å². The maximum absolute atomic E-state index is 12.9. The van der Waals surface area contributed by atoms with Crippen LogP contribution in [0.5, 0.6) is 0 Å². The van der Waals surface area contributed by atoms with E-state index in [0.717, 1.165) is 37.7 Å². The van der Waals surface area contributed by atoms with Crippen molar-refractivity contribution in [3.05, 3.63) is 62.4 Å². The maximum atomic E-state index is 12.9. The molecule has 0 N–H and O–H groups in total. The van der Waals surface area contributed by atoms with Crippen molar-refractivity contribution in [3.63, 3.8) is 0 Å². The molecule has 0 spiro atoms. The Morgan fingerprint density at radius 2 is 1.41 bits per heavy atom. The highest BCUT2D eigenvalue weighted by Crippen LogP contribution is 2.50. The van der Waals surface area contributed by atoms with Gasteiger partial charge in [0, 0.05) is 36.4 Å². The van der Waals surface area contributed by atoms with Crippen LogP contribution in [0.1, 0.15) is 49.8 Å². The second-order valence-electron chi connectivity index (χ2n) is 8.76. The topological polar surface area (TPSA) is 87.4 Å². The zero-order chi connectivity index (χ0) is 23.4. The van der Waals surface area contributed by atoms with Crippen molar-refractivity contribution in [1.29, 1.82) is 0 Å². The molecule has 1 aromatic heterocycles. The normalized spacial score (nSPS) is 23.1. The highest BCUT2D eigenvalue weighted by molar-refractivity contribution is 8.32. The van der Waals surface area contributed by atoms with Crippen LogP contribution in [-0.4, -0.2) is 35.3 Å². The maximum Gasteiger partial charge on any atom is 0.331 e. The quantitative estimate of drug-likeness (QED) is 0.665. The summed E-state index contributed by atoms with van der Waals surface area (Å²) < 4.78 is 34.8. The zero-order valence-electron chi connectivity index (χ0n) is 19.2. The predicted molar refractivity (Wildman–Crippen MR) is 130 cm³/mol. The van der Waals surface area contributed by atoms with Crippen molar-refractivity contribution in [2.24, 2.45) is 0 Å². The van der Waals surface area contributed by atoms with Gasteiger partial charge in [0.25, 0.3) is 5.56 Å². The first kappa shape index (κ1) is 24.8. The van der Waals surface area contributed by atoms with Crippen LogP contribution in [-0.2, 0) is 26.8 Å². The van der Waals surface area contributed by atoms with Gasteiger partial charge < -0.3 is 0 Å². The largest absolute Gasteiger partial charge is 0.331 e. The molecule has 0 aliphatic carbocycles. The number of hydrogen-bond acceptors (Lipinski definition) is 5.